The van der Waals surface area contributed by atoms with Gasteiger partial charge in [-0.1, -0.05) is 0 Å². The number of rotatable bonds is 1. The van der Waals surface area contributed by atoms with Crippen LogP contribution in [0, 0.1) is 0 Å². The minimum Gasteiger partial charge on any atom is -0.300 e. The summed E-state index contributed by atoms with van der Waals surface area (Å²) in [6, 6.07) is 0.708. The molecule has 0 aliphatic carbocycles. The van der Waals surface area contributed by atoms with Gasteiger partial charge in [0.25, 0.3) is 0 Å². The van der Waals surface area contributed by atoms with E-state index in [1.807, 2.05) is 0 Å². The molecule has 5 heteroatoms. The molecule has 0 spiro atoms. The SMILES string of the molecule is CN1CC2C[C@H]1CN2S(C)(=O)=O. The van der Waals surface area contributed by atoms with E-state index in [-0.39, 0.29) is 6.04 Å². The van der Waals surface area contributed by atoms with Crippen molar-refractivity contribution in [3.8, 4) is 0 Å². The highest BCUT2D eigenvalue weighted by Crippen LogP contribution is 2.30. The molecule has 2 aliphatic heterocycles. The van der Waals surface area contributed by atoms with E-state index in [1.54, 1.807) is 4.31 Å². The highest BCUT2D eigenvalue weighted by atomic mass is 32.2. The van der Waals surface area contributed by atoms with Crippen LogP contribution in [-0.2, 0) is 10.0 Å². The Bertz CT molecular complexity index is 286. The average Bonchev–Trinajstić information content (AvgIpc) is 2.41. The molecule has 2 heterocycles. The van der Waals surface area contributed by atoms with E-state index in [0.29, 0.717) is 12.6 Å². The zero-order valence-corrected chi connectivity index (χ0v) is 8.21. The topological polar surface area (TPSA) is 40.6 Å². The molecule has 0 aromatic carbocycles. The molecule has 0 N–H and O–H groups in total. The second kappa shape index (κ2) is 2.43. The first-order valence-electron chi connectivity index (χ1n) is 4.15. The lowest BCUT2D eigenvalue weighted by molar-refractivity contribution is 0.217. The van der Waals surface area contributed by atoms with Crippen LogP contribution < -0.4 is 0 Å². The maximum absolute atomic E-state index is 11.2. The van der Waals surface area contributed by atoms with Gasteiger partial charge in [0, 0.05) is 25.2 Å². The van der Waals surface area contributed by atoms with Gasteiger partial charge in [-0.05, 0) is 13.5 Å². The fraction of sp³-hybridized carbons (Fsp3) is 1.00. The fourth-order valence-corrected chi connectivity index (χ4v) is 3.37. The number of hydrogen-bond donors (Lipinski definition) is 0. The minimum atomic E-state index is -2.95. The average molecular weight is 190 g/mol. The van der Waals surface area contributed by atoms with Crippen LogP contribution in [0.2, 0.25) is 0 Å². The van der Waals surface area contributed by atoms with Crippen molar-refractivity contribution < 1.29 is 8.42 Å². The summed E-state index contributed by atoms with van der Waals surface area (Å²) >= 11 is 0. The van der Waals surface area contributed by atoms with Crippen molar-refractivity contribution in [3.63, 3.8) is 0 Å². The van der Waals surface area contributed by atoms with Crippen LogP contribution in [0.25, 0.3) is 0 Å². The Hall–Kier alpha value is -0.130. The van der Waals surface area contributed by atoms with Crippen LogP contribution in [0.1, 0.15) is 6.42 Å². The predicted molar refractivity (Wildman–Crippen MR) is 46.4 cm³/mol. The third-order valence-electron chi connectivity index (χ3n) is 2.89. The van der Waals surface area contributed by atoms with Crippen molar-refractivity contribution >= 4 is 10.0 Å². The summed E-state index contributed by atoms with van der Waals surface area (Å²) < 4.78 is 24.1. The highest BCUT2D eigenvalue weighted by Gasteiger charge is 2.45. The smallest absolute Gasteiger partial charge is 0.211 e. The van der Waals surface area contributed by atoms with Gasteiger partial charge in [-0.3, -0.25) is 0 Å². The van der Waals surface area contributed by atoms with Crippen LogP contribution in [0.4, 0.5) is 0 Å². The number of sulfonamides is 1. The van der Waals surface area contributed by atoms with Crippen LogP contribution >= 0.6 is 0 Å². The summed E-state index contributed by atoms with van der Waals surface area (Å²) in [4.78, 5) is 2.24. The monoisotopic (exact) mass is 190 g/mol. The maximum atomic E-state index is 11.2. The molecule has 0 amide bonds. The van der Waals surface area contributed by atoms with E-state index in [9.17, 15) is 8.42 Å². The lowest BCUT2D eigenvalue weighted by atomic mass is 10.2. The molecule has 2 saturated heterocycles. The summed E-state index contributed by atoms with van der Waals surface area (Å²) in [7, 11) is -0.890. The molecule has 2 fully saturated rings. The number of piperazine rings is 1. The quantitative estimate of drug-likeness (QED) is 0.551. The molecule has 0 aromatic rings. The molecule has 2 bridgehead atoms. The van der Waals surface area contributed by atoms with E-state index < -0.39 is 10.0 Å². The first-order chi connectivity index (χ1) is 5.48. The molecule has 0 aromatic heterocycles. The van der Waals surface area contributed by atoms with Gasteiger partial charge < -0.3 is 4.90 Å². The Morgan fingerprint density at radius 1 is 1.25 bits per heavy atom. The molecule has 70 valence electrons. The van der Waals surface area contributed by atoms with Gasteiger partial charge in [-0.15, -0.1) is 0 Å². The number of hydrogen-bond acceptors (Lipinski definition) is 3. The minimum absolute atomic E-state index is 0.245. The first kappa shape index (κ1) is 8.47. The first-order valence-corrected chi connectivity index (χ1v) is 6.00. The zero-order chi connectivity index (χ0) is 8.93. The van der Waals surface area contributed by atoms with Crippen molar-refractivity contribution in [1.29, 1.82) is 0 Å². The van der Waals surface area contributed by atoms with Gasteiger partial charge in [0.15, 0.2) is 0 Å². The lowest BCUT2D eigenvalue weighted by Gasteiger charge is -2.29. The van der Waals surface area contributed by atoms with Crippen LogP contribution in [0.3, 0.4) is 0 Å². The van der Waals surface area contributed by atoms with Crippen molar-refractivity contribution in [3.05, 3.63) is 0 Å². The van der Waals surface area contributed by atoms with E-state index in [2.05, 4.69) is 11.9 Å². The predicted octanol–water partition coefficient (Wildman–Crippen LogP) is -0.666. The lowest BCUT2D eigenvalue weighted by Crippen LogP contribution is -2.46. The molecule has 2 atom stereocenters. The van der Waals surface area contributed by atoms with Gasteiger partial charge >= 0.3 is 0 Å². The summed E-state index contributed by atoms with van der Waals surface area (Å²) in [5, 5.41) is 0. The molecule has 1 unspecified atom stereocenters. The fourth-order valence-electron chi connectivity index (χ4n) is 2.24. The number of likely N-dealkylation sites (N-methyl/N-ethyl adjacent to an activating group) is 1. The van der Waals surface area contributed by atoms with Gasteiger partial charge in [-0.2, -0.15) is 4.31 Å². The highest BCUT2D eigenvalue weighted by molar-refractivity contribution is 7.88. The zero-order valence-electron chi connectivity index (χ0n) is 7.40. The number of fused-ring (bicyclic) bond motifs is 2. The van der Waals surface area contributed by atoms with Crippen LogP contribution in [-0.4, -0.2) is 56.1 Å². The molecular weight excluding hydrogens is 176 g/mol. The molecule has 2 rings (SSSR count). The third-order valence-corrected chi connectivity index (χ3v) is 4.19. The van der Waals surface area contributed by atoms with Crippen molar-refractivity contribution in [2.45, 2.75) is 18.5 Å². The standard InChI is InChI=1S/C7H14N2O2S/c1-8-4-7-3-6(8)5-9(7)12(2,10)11/h6-7H,3-5H2,1-2H3/t6-,7?/m0/s1. The van der Waals surface area contributed by atoms with E-state index in [4.69, 9.17) is 0 Å². The normalized spacial score (nSPS) is 37.8. The van der Waals surface area contributed by atoms with Crippen molar-refractivity contribution in [2.24, 2.45) is 0 Å². The van der Waals surface area contributed by atoms with Crippen LogP contribution in [0.15, 0.2) is 0 Å². The molecule has 12 heavy (non-hydrogen) atoms. The van der Waals surface area contributed by atoms with Crippen molar-refractivity contribution in [2.75, 3.05) is 26.4 Å². The van der Waals surface area contributed by atoms with E-state index in [0.717, 1.165) is 13.0 Å². The molecule has 0 radical (unpaired) electrons. The third kappa shape index (κ3) is 1.16. The summed E-state index contributed by atoms with van der Waals surface area (Å²) in [5.74, 6) is 0. The largest absolute Gasteiger partial charge is 0.300 e. The Morgan fingerprint density at radius 3 is 2.25 bits per heavy atom. The molecular formula is C7H14N2O2S. The summed E-state index contributed by atoms with van der Waals surface area (Å²) in [5.41, 5.74) is 0. The second-order valence-electron chi connectivity index (χ2n) is 3.82. The molecule has 4 nitrogen and oxygen atoms in total. The van der Waals surface area contributed by atoms with Gasteiger partial charge in [0.05, 0.1) is 6.26 Å². The number of likely N-dealkylation sites (tertiary alicyclic amines) is 1. The van der Waals surface area contributed by atoms with E-state index in [1.165, 1.54) is 6.26 Å². The summed E-state index contributed by atoms with van der Waals surface area (Å²) in [6.45, 7) is 1.59. The van der Waals surface area contributed by atoms with Crippen LogP contribution in [0.5, 0.6) is 0 Å². The number of nitrogens with zero attached hydrogens (tertiary/aromatic N) is 2. The Kier molecular flexibility index (Phi) is 1.72. The second-order valence-corrected chi connectivity index (χ2v) is 5.75. The Morgan fingerprint density at radius 2 is 1.92 bits per heavy atom. The molecule has 0 saturated carbocycles. The molecule has 2 aliphatic rings. The van der Waals surface area contributed by atoms with Crippen molar-refractivity contribution in [1.82, 2.24) is 9.21 Å². The maximum Gasteiger partial charge on any atom is 0.211 e. The van der Waals surface area contributed by atoms with Gasteiger partial charge in [0.1, 0.15) is 0 Å². The van der Waals surface area contributed by atoms with Gasteiger partial charge in [-0.25, -0.2) is 8.42 Å². The summed E-state index contributed by atoms with van der Waals surface area (Å²) in [6.07, 6.45) is 2.32. The van der Waals surface area contributed by atoms with E-state index >= 15 is 0 Å². The Balaban J connectivity index is 2.18. The Labute approximate surface area is 73.2 Å². The van der Waals surface area contributed by atoms with Gasteiger partial charge in [0.2, 0.25) is 10.0 Å².